The second-order valence-corrected chi connectivity index (χ2v) is 7.16. The van der Waals surface area contributed by atoms with Gasteiger partial charge < -0.3 is 10.3 Å². The van der Waals surface area contributed by atoms with Crippen molar-refractivity contribution >= 4 is 11.6 Å². The van der Waals surface area contributed by atoms with E-state index in [-0.39, 0.29) is 5.91 Å². The van der Waals surface area contributed by atoms with Gasteiger partial charge in [0.2, 0.25) is 0 Å². The maximum atomic E-state index is 12.7. The van der Waals surface area contributed by atoms with Gasteiger partial charge in [-0.3, -0.25) is 14.8 Å². The number of H-pyrrole nitrogens is 1. The Morgan fingerprint density at radius 2 is 1.83 bits per heavy atom. The van der Waals surface area contributed by atoms with Crippen LogP contribution in [-0.2, 0) is 0 Å². The minimum absolute atomic E-state index is 0.254. The van der Waals surface area contributed by atoms with Crippen LogP contribution in [0.4, 0.5) is 5.69 Å². The molecule has 0 saturated heterocycles. The van der Waals surface area contributed by atoms with E-state index in [2.05, 4.69) is 25.3 Å². The molecule has 1 fully saturated rings. The van der Waals surface area contributed by atoms with Crippen molar-refractivity contribution in [3.8, 4) is 22.4 Å². The number of aromatic nitrogens is 4. The van der Waals surface area contributed by atoms with E-state index >= 15 is 0 Å². The lowest BCUT2D eigenvalue weighted by Gasteiger charge is -2.08. The fraction of sp³-hybridized carbons (Fsp3) is 0.130. The van der Waals surface area contributed by atoms with Crippen molar-refractivity contribution in [1.82, 2.24) is 19.9 Å². The molecule has 0 atom stereocenters. The summed E-state index contributed by atoms with van der Waals surface area (Å²) in [6, 6.07) is 15.2. The van der Waals surface area contributed by atoms with Crippen LogP contribution in [0, 0.1) is 0 Å². The quantitative estimate of drug-likeness (QED) is 0.526. The summed E-state index contributed by atoms with van der Waals surface area (Å²) < 4.78 is 0. The van der Waals surface area contributed by atoms with Crippen LogP contribution >= 0.6 is 0 Å². The van der Waals surface area contributed by atoms with Crippen molar-refractivity contribution in [1.29, 1.82) is 0 Å². The highest BCUT2D eigenvalue weighted by Gasteiger charge is 2.26. The molecule has 2 N–H and O–H groups in total. The van der Waals surface area contributed by atoms with Crippen molar-refractivity contribution in [2.75, 3.05) is 5.32 Å². The summed E-state index contributed by atoms with van der Waals surface area (Å²) in [6.45, 7) is 0. The van der Waals surface area contributed by atoms with Crippen molar-refractivity contribution in [2.45, 2.75) is 18.8 Å². The lowest BCUT2D eigenvalue weighted by atomic mass is 10.1. The highest BCUT2D eigenvalue weighted by Crippen LogP contribution is 2.39. The van der Waals surface area contributed by atoms with E-state index in [4.69, 9.17) is 0 Å². The fourth-order valence-corrected chi connectivity index (χ4v) is 3.27. The number of aromatic amines is 1. The largest absolute Gasteiger partial charge is 0.342 e. The van der Waals surface area contributed by atoms with Crippen molar-refractivity contribution < 1.29 is 4.79 Å². The van der Waals surface area contributed by atoms with E-state index in [9.17, 15) is 4.79 Å². The molecule has 142 valence electrons. The zero-order valence-corrected chi connectivity index (χ0v) is 15.7. The summed E-state index contributed by atoms with van der Waals surface area (Å²) in [5.41, 5.74) is 4.85. The minimum Gasteiger partial charge on any atom is -0.342 e. The smallest absolute Gasteiger partial charge is 0.274 e. The average Bonchev–Trinajstić information content (AvgIpc) is 3.51. The van der Waals surface area contributed by atoms with Gasteiger partial charge in [0, 0.05) is 41.3 Å². The summed E-state index contributed by atoms with van der Waals surface area (Å²) in [7, 11) is 0. The van der Waals surface area contributed by atoms with Crippen molar-refractivity contribution in [2.24, 2.45) is 0 Å². The molecule has 1 aliphatic carbocycles. The number of imidazole rings is 1. The van der Waals surface area contributed by atoms with Crippen LogP contribution in [0.25, 0.3) is 22.4 Å². The zero-order valence-electron chi connectivity index (χ0n) is 15.7. The maximum Gasteiger partial charge on any atom is 0.274 e. The summed E-state index contributed by atoms with van der Waals surface area (Å²) in [5, 5.41) is 2.94. The first-order valence-corrected chi connectivity index (χ1v) is 9.59. The molecule has 6 heteroatoms. The lowest BCUT2D eigenvalue weighted by Crippen LogP contribution is -2.13. The molecule has 1 aromatic carbocycles. The fourth-order valence-electron chi connectivity index (χ4n) is 3.27. The molecule has 29 heavy (non-hydrogen) atoms. The Labute approximate surface area is 168 Å². The van der Waals surface area contributed by atoms with Gasteiger partial charge in [-0.05, 0) is 48.7 Å². The van der Waals surface area contributed by atoms with E-state index in [0.29, 0.717) is 17.3 Å². The van der Waals surface area contributed by atoms with Crippen molar-refractivity contribution in [3.63, 3.8) is 0 Å². The van der Waals surface area contributed by atoms with E-state index < -0.39 is 0 Å². The SMILES string of the molecule is O=C(Nc1cccc(-c2cnc(C3CC3)[nH]2)c1)c1cc(-c2cccnc2)ccn1. The Morgan fingerprint density at radius 1 is 0.931 bits per heavy atom. The predicted octanol–water partition coefficient (Wildman–Crippen LogP) is 4.66. The molecule has 6 nitrogen and oxygen atoms in total. The van der Waals surface area contributed by atoms with Gasteiger partial charge in [-0.15, -0.1) is 0 Å². The molecule has 0 bridgehead atoms. The first-order chi connectivity index (χ1) is 14.3. The van der Waals surface area contributed by atoms with Gasteiger partial charge in [0.1, 0.15) is 11.5 Å². The lowest BCUT2D eigenvalue weighted by molar-refractivity contribution is 0.102. The van der Waals surface area contributed by atoms with E-state index in [1.54, 1.807) is 24.7 Å². The molecule has 0 unspecified atom stereocenters. The number of benzene rings is 1. The Morgan fingerprint density at radius 3 is 2.66 bits per heavy atom. The monoisotopic (exact) mass is 381 g/mol. The van der Waals surface area contributed by atoms with E-state index in [1.165, 1.54) is 12.8 Å². The number of nitrogens with zero attached hydrogens (tertiary/aromatic N) is 3. The molecule has 0 spiro atoms. The molecular weight excluding hydrogens is 362 g/mol. The van der Waals surface area contributed by atoms with Crippen LogP contribution in [0.15, 0.2) is 73.3 Å². The van der Waals surface area contributed by atoms with Crippen molar-refractivity contribution in [3.05, 3.63) is 84.8 Å². The number of pyridine rings is 2. The van der Waals surface area contributed by atoms with Crippen LogP contribution < -0.4 is 5.32 Å². The van der Waals surface area contributed by atoms with Crippen LogP contribution in [0.2, 0.25) is 0 Å². The molecule has 0 radical (unpaired) electrons. The second-order valence-electron chi connectivity index (χ2n) is 7.16. The van der Waals surface area contributed by atoms with Gasteiger partial charge in [0.05, 0.1) is 11.9 Å². The van der Waals surface area contributed by atoms with Crippen LogP contribution in [0.3, 0.4) is 0 Å². The second kappa shape index (κ2) is 7.31. The highest BCUT2D eigenvalue weighted by molar-refractivity contribution is 6.03. The Kier molecular flexibility index (Phi) is 4.37. The Balaban J connectivity index is 1.35. The number of nitrogens with one attached hydrogen (secondary N) is 2. The predicted molar refractivity (Wildman–Crippen MR) is 111 cm³/mol. The number of anilines is 1. The summed E-state index contributed by atoms with van der Waals surface area (Å²) >= 11 is 0. The number of carbonyl (C=O) groups excluding carboxylic acids is 1. The molecule has 0 aliphatic heterocycles. The van der Waals surface area contributed by atoms with Crippen LogP contribution in [0.5, 0.6) is 0 Å². The third kappa shape index (κ3) is 3.78. The first-order valence-electron chi connectivity index (χ1n) is 9.59. The molecule has 3 aromatic heterocycles. The van der Waals surface area contributed by atoms with Gasteiger partial charge >= 0.3 is 0 Å². The number of rotatable bonds is 5. The Hall–Kier alpha value is -3.80. The molecular formula is C23H19N5O. The van der Waals surface area contributed by atoms with Gasteiger partial charge in [0.25, 0.3) is 5.91 Å². The first kappa shape index (κ1) is 17.3. The molecule has 3 heterocycles. The third-order valence-corrected chi connectivity index (χ3v) is 4.98. The number of carbonyl (C=O) groups is 1. The Bertz CT molecular complexity index is 1160. The number of amides is 1. The topological polar surface area (TPSA) is 83.6 Å². The van der Waals surface area contributed by atoms with Gasteiger partial charge in [0.15, 0.2) is 0 Å². The van der Waals surface area contributed by atoms with Crippen LogP contribution in [0.1, 0.15) is 35.1 Å². The molecule has 5 rings (SSSR count). The normalized spacial score (nSPS) is 13.2. The highest BCUT2D eigenvalue weighted by atomic mass is 16.1. The summed E-state index contributed by atoms with van der Waals surface area (Å²) in [5.74, 6) is 1.37. The number of hydrogen-bond donors (Lipinski definition) is 2. The third-order valence-electron chi connectivity index (χ3n) is 4.98. The summed E-state index contributed by atoms with van der Waals surface area (Å²) in [6.07, 6.45) is 9.38. The molecule has 1 amide bonds. The van der Waals surface area contributed by atoms with Gasteiger partial charge in [-0.2, -0.15) is 0 Å². The number of hydrogen-bond acceptors (Lipinski definition) is 4. The minimum atomic E-state index is -0.254. The van der Waals surface area contributed by atoms with E-state index in [1.807, 2.05) is 48.7 Å². The molecule has 1 saturated carbocycles. The standard InChI is InChI=1S/C23H19N5O/c29-23(20-12-16(8-10-25-20)18-4-2-9-24-13-18)27-19-5-1-3-17(11-19)21-14-26-22(28-21)15-6-7-15/h1-5,8-15H,6-7H2,(H,26,28)(H,27,29). The molecule has 1 aliphatic rings. The van der Waals surface area contributed by atoms with Gasteiger partial charge in [-0.1, -0.05) is 18.2 Å². The zero-order chi connectivity index (χ0) is 19.6. The summed E-state index contributed by atoms with van der Waals surface area (Å²) in [4.78, 5) is 28.9. The maximum absolute atomic E-state index is 12.7. The molecule has 4 aromatic rings. The average molecular weight is 381 g/mol. The van der Waals surface area contributed by atoms with Gasteiger partial charge in [-0.25, -0.2) is 4.98 Å². The van der Waals surface area contributed by atoms with E-state index in [0.717, 1.165) is 28.2 Å². The van der Waals surface area contributed by atoms with Crippen LogP contribution in [-0.4, -0.2) is 25.8 Å².